The van der Waals surface area contributed by atoms with E-state index < -0.39 is 23.1 Å². The monoisotopic (exact) mass is 431 g/mol. The van der Waals surface area contributed by atoms with Gasteiger partial charge in [0.25, 0.3) is 5.91 Å². The van der Waals surface area contributed by atoms with Crippen molar-refractivity contribution in [2.45, 2.75) is 57.7 Å². The zero-order chi connectivity index (χ0) is 22.7. The molecule has 4 heterocycles. The number of halogens is 1. The van der Waals surface area contributed by atoms with E-state index in [0.29, 0.717) is 24.0 Å². The highest BCUT2D eigenvalue weighted by molar-refractivity contribution is 6.00. The Kier molecular flexibility index (Phi) is 4.55. The second-order valence-corrected chi connectivity index (χ2v) is 9.36. The summed E-state index contributed by atoms with van der Waals surface area (Å²) in [6.07, 6.45) is 2.29. The number of rotatable bonds is 3. The first-order chi connectivity index (χ1) is 15.2. The van der Waals surface area contributed by atoms with E-state index in [-0.39, 0.29) is 5.91 Å². The molecule has 0 spiro atoms. The third-order valence-electron chi connectivity index (χ3n) is 6.67. The molecule has 1 unspecified atom stereocenters. The summed E-state index contributed by atoms with van der Waals surface area (Å²) in [7, 11) is 0. The zero-order valence-corrected chi connectivity index (χ0v) is 18.7. The van der Waals surface area contributed by atoms with Crippen LogP contribution in [0.25, 0.3) is 11.1 Å². The average Bonchev–Trinajstić information content (AvgIpc) is 3.12. The summed E-state index contributed by atoms with van der Waals surface area (Å²) in [6, 6.07) is 12.0. The molecule has 7 heteroatoms. The zero-order valence-electron chi connectivity index (χ0n) is 18.7. The van der Waals surface area contributed by atoms with E-state index >= 15 is 4.39 Å². The van der Waals surface area contributed by atoms with Gasteiger partial charge < -0.3 is 10.6 Å². The Morgan fingerprint density at radius 1 is 1.19 bits per heavy atom. The largest absolute Gasteiger partial charge is 0.362 e. The van der Waals surface area contributed by atoms with Crippen LogP contribution in [-0.4, -0.2) is 22.6 Å². The summed E-state index contributed by atoms with van der Waals surface area (Å²) in [5.41, 5.74) is 4.21. The van der Waals surface area contributed by atoms with Gasteiger partial charge in [-0.1, -0.05) is 25.1 Å². The second-order valence-electron chi connectivity index (χ2n) is 9.36. The van der Waals surface area contributed by atoms with Crippen LogP contribution in [0.4, 0.5) is 4.39 Å². The van der Waals surface area contributed by atoms with E-state index in [1.165, 1.54) is 0 Å². The van der Waals surface area contributed by atoms with E-state index in [0.717, 1.165) is 28.1 Å². The molecule has 1 aromatic heterocycles. The summed E-state index contributed by atoms with van der Waals surface area (Å²) in [5.74, 6) is -0.792. The Hall–Kier alpha value is -3.35. The van der Waals surface area contributed by atoms with Gasteiger partial charge in [0.2, 0.25) is 5.95 Å². The summed E-state index contributed by atoms with van der Waals surface area (Å²) in [6.45, 7) is 7.91. The standard InChI is InChI=1S/C25H26FN5O/c1-5-25(17-8-6-7-15(12-17)16-9-10-27-14(2)11-16)19-18(13-24(3,4)29-23(19)32)28-22-20(25)21(26)30-31-22/h6-12,22,28H,5,13H2,1-4H3,(H,29,32)/t22?,25-/m0/s1. The van der Waals surface area contributed by atoms with Crippen LogP contribution in [-0.2, 0) is 10.2 Å². The number of hydrogen-bond donors (Lipinski definition) is 2. The van der Waals surface area contributed by atoms with Gasteiger partial charge in [-0.2, -0.15) is 9.50 Å². The molecule has 0 saturated carbocycles. The SMILES string of the molecule is CC[C@]1(c2cccc(-c3ccnc(C)c3)c2)C2=C(CC(C)(C)NC2=O)NC2N=NC(F)=C21. The number of fused-ring (bicyclic) bond motifs is 1. The quantitative estimate of drug-likeness (QED) is 0.683. The van der Waals surface area contributed by atoms with Crippen LogP contribution < -0.4 is 10.6 Å². The molecule has 2 N–H and O–H groups in total. The third kappa shape index (κ3) is 2.98. The van der Waals surface area contributed by atoms with Crippen LogP contribution in [0, 0.1) is 6.92 Å². The second kappa shape index (κ2) is 7.08. The highest BCUT2D eigenvalue weighted by Gasteiger charge is 2.55. The molecule has 2 aromatic rings. The van der Waals surface area contributed by atoms with Crippen LogP contribution in [0.2, 0.25) is 0 Å². The Morgan fingerprint density at radius 2 is 1.97 bits per heavy atom. The Labute approximate surface area is 186 Å². The van der Waals surface area contributed by atoms with Gasteiger partial charge >= 0.3 is 0 Å². The summed E-state index contributed by atoms with van der Waals surface area (Å²) in [4.78, 5) is 17.8. The molecule has 2 atom stereocenters. The molecular formula is C25H26FN5O. The van der Waals surface area contributed by atoms with Gasteiger partial charge in [0, 0.05) is 35.1 Å². The van der Waals surface area contributed by atoms with E-state index in [2.05, 4.69) is 31.9 Å². The third-order valence-corrected chi connectivity index (χ3v) is 6.67. The number of benzene rings is 1. The lowest BCUT2D eigenvalue weighted by Gasteiger charge is -2.48. The minimum Gasteiger partial charge on any atom is -0.362 e. The molecule has 1 aromatic carbocycles. The topological polar surface area (TPSA) is 78.7 Å². The molecule has 0 radical (unpaired) electrons. The summed E-state index contributed by atoms with van der Waals surface area (Å²) < 4.78 is 15.2. The normalized spacial score (nSPS) is 25.9. The number of aryl methyl sites for hydroxylation is 1. The first-order valence-electron chi connectivity index (χ1n) is 10.9. The molecule has 6 nitrogen and oxygen atoms in total. The number of pyridine rings is 1. The van der Waals surface area contributed by atoms with Crippen LogP contribution in [0.15, 0.2) is 75.6 Å². The van der Waals surface area contributed by atoms with Crippen molar-refractivity contribution in [1.82, 2.24) is 15.6 Å². The number of azo groups is 1. The van der Waals surface area contributed by atoms with E-state index in [1.54, 1.807) is 6.20 Å². The Balaban J connectivity index is 1.77. The maximum atomic E-state index is 15.2. The predicted octanol–water partition coefficient (Wildman–Crippen LogP) is 4.83. The molecule has 5 rings (SSSR count). The number of amides is 1. The summed E-state index contributed by atoms with van der Waals surface area (Å²) in [5, 5.41) is 14.3. The first-order valence-corrected chi connectivity index (χ1v) is 10.9. The van der Waals surface area contributed by atoms with Crippen LogP contribution in [0.1, 0.15) is 44.9 Å². The van der Waals surface area contributed by atoms with E-state index in [4.69, 9.17) is 0 Å². The maximum absolute atomic E-state index is 15.2. The molecular weight excluding hydrogens is 405 g/mol. The first kappa shape index (κ1) is 20.5. The minimum absolute atomic E-state index is 0.179. The van der Waals surface area contributed by atoms with Crippen molar-refractivity contribution >= 4 is 5.91 Å². The van der Waals surface area contributed by atoms with Gasteiger partial charge in [0.15, 0.2) is 6.17 Å². The van der Waals surface area contributed by atoms with Crippen molar-refractivity contribution in [2.24, 2.45) is 10.2 Å². The van der Waals surface area contributed by atoms with Crippen molar-refractivity contribution in [3.05, 3.63) is 76.6 Å². The maximum Gasteiger partial charge on any atom is 0.250 e. The lowest BCUT2D eigenvalue weighted by molar-refractivity contribution is -0.120. The molecule has 0 saturated heterocycles. The lowest BCUT2D eigenvalue weighted by Crippen LogP contribution is -2.58. The van der Waals surface area contributed by atoms with Gasteiger partial charge in [-0.05, 0) is 62.1 Å². The number of hydrogen-bond acceptors (Lipinski definition) is 5. The molecule has 1 amide bonds. The fourth-order valence-corrected chi connectivity index (χ4v) is 5.36. The van der Waals surface area contributed by atoms with Crippen LogP contribution in [0.5, 0.6) is 0 Å². The van der Waals surface area contributed by atoms with Crippen LogP contribution >= 0.6 is 0 Å². The molecule has 164 valence electrons. The minimum atomic E-state index is -0.961. The highest BCUT2D eigenvalue weighted by Crippen LogP contribution is 2.53. The Morgan fingerprint density at radius 3 is 2.72 bits per heavy atom. The van der Waals surface area contributed by atoms with E-state index in [1.807, 2.05) is 58.0 Å². The van der Waals surface area contributed by atoms with Crippen molar-refractivity contribution in [3.8, 4) is 11.1 Å². The van der Waals surface area contributed by atoms with Crippen LogP contribution in [0.3, 0.4) is 0 Å². The highest BCUT2D eigenvalue weighted by atomic mass is 19.1. The van der Waals surface area contributed by atoms with Gasteiger partial charge in [0.05, 0.1) is 11.0 Å². The number of carbonyl (C=O) groups excluding carboxylic acids is 1. The molecule has 32 heavy (non-hydrogen) atoms. The molecule has 0 aliphatic carbocycles. The summed E-state index contributed by atoms with van der Waals surface area (Å²) >= 11 is 0. The fraction of sp³-hybridized carbons (Fsp3) is 0.360. The molecule has 3 aliphatic heterocycles. The van der Waals surface area contributed by atoms with Gasteiger partial charge in [-0.25, -0.2) is 0 Å². The fourth-order valence-electron chi connectivity index (χ4n) is 5.36. The van der Waals surface area contributed by atoms with Gasteiger partial charge in [-0.3, -0.25) is 9.78 Å². The van der Waals surface area contributed by atoms with Crippen molar-refractivity contribution in [2.75, 3.05) is 0 Å². The smallest absolute Gasteiger partial charge is 0.250 e. The van der Waals surface area contributed by atoms with E-state index in [9.17, 15) is 4.79 Å². The molecule has 0 fully saturated rings. The molecule has 3 aliphatic rings. The Bertz CT molecular complexity index is 1230. The van der Waals surface area contributed by atoms with Gasteiger partial charge in [0.1, 0.15) is 0 Å². The van der Waals surface area contributed by atoms with Crippen molar-refractivity contribution in [3.63, 3.8) is 0 Å². The average molecular weight is 432 g/mol. The lowest BCUT2D eigenvalue weighted by atomic mass is 9.62. The van der Waals surface area contributed by atoms with Crippen molar-refractivity contribution in [1.29, 1.82) is 0 Å². The van der Waals surface area contributed by atoms with Gasteiger partial charge in [-0.15, -0.1) is 5.11 Å². The van der Waals surface area contributed by atoms with Crippen molar-refractivity contribution < 1.29 is 9.18 Å². The number of nitrogens with one attached hydrogen (secondary N) is 2. The number of aromatic nitrogens is 1. The molecule has 0 bridgehead atoms. The number of nitrogens with zero attached hydrogens (tertiary/aromatic N) is 3. The predicted molar refractivity (Wildman–Crippen MR) is 120 cm³/mol. The number of carbonyl (C=O) groups is 1.